The predicted molar refractivity (Wildman–Crippen MR) is 124 cm³/mol. The number of aromatic nitrogens is 1. The number of anilines is 1. The number of benzene rings is 1. The van der Waals surface area contributed by atoms with Crippen molar-refractivity contribution in [2.24, 2.45) is 5.10 Å². The Morgan fingerprint density at radius 1 is 1.19 bits per heavy atom. The second kappa shape index (κ2) is 12.6. The second-order valence-corrected chi connectivity index (χ2v) is 8.16. The molecule has 31 heavy (non-hydrogen) atoms. The lowest BCUT2D eigenvalue weighted by atomic mass is 10.2. The molecule has 0 bridgehead atoms. The number of halogens is 2. The van der Waals surface area contributed by atoms with Crippen LogP contribution in [-0.4, -0.2) is 50.1 Å². The molecule has 0 amide bonds. The van der Waals surface area contributed by atoms with Gasteiger partial charge in [-0.05, 0) is 51.8 Å². The van der Waals surface area contributed by atoms with Gasteiger partial charge in [0.1, 0.15) is 0 Å². The number of carbonyl (C=O) groups excluding carboxylic acids is 2. The minimum absolute atomic E-state index is 0.110. The summed E-state index contributed by atoms with van der Waals surface area (Å²) in [6.07, 6.45) is 1.69. The Hall–Kier alpha value is -2.18. The molecule has 0 saturated carbocycles. The second-order valence-electron chi connectivity index (χ2n) is 5.71. The molecule has 0 atom stereocenters. The molecule has 168 valence electrons. The zero-order chi connectivity index (χ0) is 22.8. The Morgan fingerprint density at radius 3 is 2.65 bits per heavy atom. The van der Waals surface area contributed by atoms with Crippen LogP contribution < -0.4 is 14.9 Å². The topological polar surface area (TPSA) is 108 Å². The van der Waals surface area contributed by atoms with Gasteiger partial charge in [-0.1, -0.05) is 0 Å². The summed E-state index contributed by atoms with van der Waals surface area (Å²) in [4.78, 5) is 27.2. The first-order valence-corrected chi connectivity index (χ1v) is 11.6. The van der Waals surface area contributed by atoms with Gasteiger partial charge in [-0.3, -0.25) is 10.2 Å². The molecule has 0 aliphatic heterocycles. The van der Waals surface area contributed by atoms with Crippen LogP contribution in [0.15, 0.2) is 25.5 Å². The third-order valence-corrected chi connectivity index (χ3v) is 6.50. The number of esters is 2. The van der Waals surface area contributed by atoms with Crippen molar-refractivity contribution in [3.05, 3.63) is 31.6 Å². The molecule has 1 heterocycles. The molecule has 0 unspecified atom stereocenters. The molecule has 0 fully saturated rings. The van der Waals surface area contributed by atoms with E-state index in [1.54, 1.807) is 24.6 Å². The van der Waals surface area contributed by atoms with Gasteiger partial charge in [0.05, 0.1) is 43.1 Å². The maximum Gasteiger partial charge on any atom is 0.343 e. The first-order chi connectivity index (χ1) is 14.9. The van der Waals surface area contributed by atoms with Crippen LogP contribution in [0.3, 0.4) is 0 Å². The van der Waals surface area contributed by atoms with Gasteiger partial charge in [-0.25, -0.2) is 9.78 Å². The Bertz CT molecular complexity index is 951. The highest BCUT2D eigenvalue weighted by Crippen LogP contribution is 2.42. The molecule has 2 rings (SSSR count). The highest BCUT2D eigenvalue weighted by Gasteiger charge is 2.18. The third-order valence-electron chi connectivity index (χ3n) is 3.56. The average Bonchev–Trinajstić information content (AvgIpc) is 3.18. The number of hydrogen-bond acceptors (Lipinski definition) is 10. The average molecular weight is 579 g/mol. The zero-order valence-corrected chi connectivity index (χ0v) is 21.1. The summed E-state index contributed by atoms with van der Waals surface area (Å²) in [5, 5.41) is 6.50. The summed E-state index contributed by atoms with van der Waals surface area (Å²) in [6, 6.07) is 1.73. The molecule has 1 aromatic heterocycles. The largest absolute Gasteiger partial charge is 0.490 e. The Balaban J connectivity index is 2.13. The number of hydrogen-bond donors (Lipinski definition) is 1. The maximum absolute atomic E-state index is 11.5. The van der Waals surface area contributed by atoms with Crippen LogP contribution in [0.5, 0.6) is 11.5 Å². The van der Waals surface area contributed by atoms with Crippen LogP contribution in [0.1, 0.15) is 25.1 Å². The van der Waals surface area contributed by atoms with E-state index in [0.29, 0.717) is 50.0 Å². The molecule has 0 saturated heterocycles. The van der Waals surface area contributed by atoms with Gasteiger partial charge in [0.25, 0.3) is 0 Å². The first kappa shape index (κ1) is 25.1. The van der Waals surface area contributed by atoms with E-state index in [2.05, 4.69) is 52.1 Å². The fraction of sp³-hybridized carbons (Fsp3) is 0.368. The number of methoxy groups -OCH3 is 1. The van der Waals surface area contributed by atoms with E-state index in [-0.39, 0.29) is 19.0 Å². The molecule has 9 nitrogen and oxygen atoms in total. The summed E-state index contributed by atoms with van der Waals surface area (Å²) in [7, 11) is 1.29. The van der Waals surface area contributed by atoms with Gasteiger partial charge in [-0.15, -0.1) is 11.3 Å². The van der Waals surface area contributed by atoms with Gasteiger partial charge in [-0.2, -0.15) is 5.10 Å². The van der Waals surface area contributed by atoms with Crippen LogP contribution in [0.4, 0.5) is 5.13 Å². The molecule has 1 aromatic carbocycles. The third kappa shape index (κ3) is 7.47. The van der Waals surface area contributed by atoms with E-state index in [1.165, 1.54) is 18.4 Å². The molecular weight excluding hydrogens is 558 g/mol. The Kier molecular flexibility index (Phi) is 10.2. The summed E-state index contributed by atoms with van der Waals surface area (Å²) >= 11 is 8.27. The number of carbonyl (C=O) groups is 2. The van der Waals surface area contributed by atoms with Crippen molar-refractivity contribution in [1.29, 1.82) is 0 Å². The van der Waals surface area contributed by atoms with E-state index >= 15 is 0 Å². The normalized spacial score (nSPS) is 10.7. The van der Waals surface area contributed by atoms with Crippen molar-refractivity contribution >= 4 is 66.5 Å². The number of nitrogens with one attached hydrogen (secondary N) is 1. The fourth-order valence-corrected chi connectivity index (χ4v) is 3.84. The first-order valence-electron chi connectivity index (χ1n) is 9.13. The molecule has 0 aliphatic carbocycles. The number of rotatable bonds is 11. The van der Waals surface area contributed by atoms with Crippen molar-refractivity contribution < 1.29 is 28.5 Å². The van der Waals surface area contributed by atoms with Crippen molar-refractivity contribution in [3.8, 4) is 11.5 Å². The number of thiazole rings is 1. The minimum Gasteiger partial charge on any atom is -0.490 e. The van der Waals surface area contributed by atoms with Crippen molar-refractivity contribution in [2.75, 3.05) is 32.4 Å². The number of ether oxygens (including phenoxy) is 4. The maximum atomic E-state index is 11.5. The lowest BCUT2D eigenvalue weighted by Crippen LogP contribution is -2.13. The van der Waals surface area contributed by atoms with E-state index in [0.717, 1.165) is 0 Å². The van der Waals surface area contributed by atoms with E-state index < -0.39 is 5.97 Å². The highest BCUT2D eigenvalue weighted by molar-refractivity contribution is 9.13. The number of nitrogens with zero attached hydrogens (tertiary/aromatic N) is 2. The van der Waals surface area contributed by atoms with Crippen molar-refractivity contribution in [3.63, 3.8) is 0 Å². The number of hydrazone groups is 1. The van der Waals surface area contributed by atoms with Crippen LogP contribution in [-0.2, 0) is 25.5 Å². The molecular formula is C19H21Br2N3O6S. The molecule has 2 aromatic rings. The minimum atomic E-state index is -0.508. The van der Waals surface area contributed by atoms with Crippen LogP contribution in [0.25, 0.3) is 0 Å². The fourth-order valence-electron chi connectivity index (χ4n) is 2.24. The smallest absolute Gasteiger partial charge is 0.343 e. The highest BCUT2D eigenvalue weighted by atomic mass is 79.9. The summed E-state index contributed by atoms with van der Waals surface area (Å²) in [6.45, 7) is 4.07. The molecule has 1 N–H and O–H groups in total. The Morgan fingerprint density at radius 2 is 1.97 bits per heavy atom. The molecule has 0 spiro atoms. The summed E-state index contributed by atoms with van der Waals surface area (Å²) < 4.78 is 21.9. The predicted octanol–water partition coefficient (Wildman–Crippen LogP) is 4.17. The van der Waals surface area contributed by atoms with Crippen molar-refractivity contribution in [1.82, 2.24) is 4.98 Å². The van der Waals surface area contributed by atoms with Crippen LogP contribution in [0, 0.1) is 0 Å². The summed E-state index contributed by atoms with van der Waals surface area (Å²) in [5.41, 5.74) is 4.13. The van der Waals surface area contributed by atoms with Gasteiger partial charge in [0.2, 0.25) is 5.13 Å². The SMILES string of the molecule is CCOC(=O)Cc1csc(NN=Cc2cc(OCC)c(OCC(=O)OC)c(Br)c2Br)n1. The van der Waals surface area contributed by atoms with E-state index in [9.17, 15) is 9.59 Å². The van der Waals surface area contributed by atoms with E-state index in [4.69, 9.17) is 14.2 Å². The van der Waals surface area contributed by atoms with Gasteiger partial charge < -0.3 is 18.9 Å². The van der Waals surface area contributed by atoms with Gasteiger partial charge in [0.15, 0.2) is 18.1 Å². The molecule has 0 radical (unpaired) electrons. The van der Waals surface area contributed by atoms with E-state index in [1.807, 2.05) is 6.92 Å². The summed E-state index contributed by atoms with van der Waals surface area (Å²) in [5.74, 6) is -0.0256. The van der Waals surface area contributed by atoms with Crippen LogP contribution in [0.2, 0.25) is 0 Å². The Labute approximate surface area is 200 Å². The molecule has 0 aliphatic rings. The molecule has 12 heteroatoms. The van der Waals surface area contributed by atoms with Crippen molar-refractivity contribution in [2.45, 2.75) is 20.3 Å². The standard InChI is InChI=1S/C19H21Br2N3O6S/c1-4-28-13-6-11(16(20)17(21)18(13)30-9-15(26)27-3)8-22-24-19-23-12(10-31-19)7-14(25)29-5-2/h6,8,10H,4-5,7,9H2,1-3H3,(H,23,24). The van der Waals surface area contributed by atoms with Gasteiger partial charge >= 0.3 is 11.9 Å². The lowest BCUT2D eigenvalue weighted by Gasteiger charge is -2.15. The zero-order valence-electron chi connectivity index (χ0n) is 17.1. The lowest BCUT2D eigenvalue weighted by molar-refractivity contribution is -0.143. The monoisotopic (exact) mass is 577 g/mol. The van der Waals surface area contributed by atoms with Gasteiger partial charge in [0, 0.05) is 15.4 Å². The quantitative estimate of drug-likeness (QED) is 0.240. The van der Waals surface area contributed by atoms with Crippen LogP contribution >= 0.6 is 43.2 Å².